The van der Waals surface area contributed by atoms with E-state index in [4.69, 9.17) is 0 Å². The van der Waals surface area contributed by atoms with Crippen molar-refractivity contribution >= 4 is 32.6 Å². The summed E-state index contributed by atoms with van der Waals surface area (Å²) < 4.78 is 27.1. The fourth-order valence-corrected chi connectivity index (χ4v) is 4.01. The summed E-state index contributed by atoms with van der Waals surface area (Å²) in [5.74, 6) is 0.555. The second-order valence-electron chi connectivity index (χ2n) is 5.88. The molecule has 0 bridgehead atoms. The monoisotopic (exact) mass is 364 g/mol. The molecule has 0 saturated carbocycles. The number of fused-ring (bicyclic) bond motifs is 1. The van der Waals surface area contributed by atoms with Gasteiger partial charge in [0, 0.05) is 11.9 Å². The van der Waals surface area contributed by atoms with Gasteiger partial charge in [-0.3, -0.25) is 0 Å². The van der Waals surface area contributed by atoms with E-state index in [0.717, 1.165) is 11.3 Å². The van der Waals surface area contributed by atoms with E-state index in [1.165, 1.54) is 16.5 Å². The van der Waals surface area contributed by atoms with Crippen molar-refractivity contribution in [2.24, 2.45) is 0 Å². The molecule has 0 atom stereocenters. The van der Waals surface area contributed by atoms with Crippen LogP contribution >= 0.6 is 0 Å². The summed E-state index contributed by atoms with van der Waals surface area (Å²) in [4.78, 5) is 8.66. The molecule has 130 valence electrons. The highest BCUT2D eigenvalue weighted by Gasteiger charge is 2.20. The maximum atomic E-state index is 13.0. The molecule has 6 nitrogen and oxygen atoms in total. The van der Waals surface area contributed by atoms with Gasteiger partial charge < -0.3 is 5.32 Å². The first-order chi connectivity index (χ1) is 12.6. The number of hydrogen-bond donors (Lipinski definition) is 1. The predicted octanol–water partition coefficient (Wildman–Crippen LogP) is 3.72. The summed E-state index contributed by atoms with van der Waals surface area (Å²) in [5, 5.41) is 3.83. The van der Waals surface area contributed by atoms with Gasteiger partial charge in [-0.25, -0.2) is 22.4 Å². The number of anilines is 2. The number of aryl methyl sites for hydroxylation is 1. The smallest absolute Gasteiger partial charge is 0.269 e. The summed E-state index contributed by atoms with van der Waals surface area (Å²) in [6, 6.07) is 18.0. The van der Waals surface area contributed by atoms with Gasteiger partial charge in [-0.05, 0) is 37.3 Å². The molecule has 2 heterocycles. The second kappa shape index (κ2) is 6.27. The van der Waals surface area contributed by atoms with Crippen LogP contribution in [0.5, 0.6) is 0 Å². The fraction of sp³-hybridized carbons (Fsp3) is 0.0526. The molecule has 0 unspecified atom stereocenters. The van der Waals surface area contributed by atoms with Gasteiger partial charge in [0.05, 0.1) is 10.3 Å². The van der Waals surface area contributed by atoms with Gasteiger partial charge in [-0.2, -0.15) is 0 Å². The van der Waals surface area contributed by atoms with Crippen LogP contribution in [-0.2, 0) is 10.0 Å². The van der Waals surface area contributed by atoms with E-state index in [1.807, 2.05) is 37.3 Å². The van der Waals surface area contributed by atoms with E-state index in [1.54, 1.807) is 30.3 Å². The average molecular weight is 364 g/mol. The number of aromatic nitrogens is 3. The van der Waals surface area contributed by atoms with E-state index in [9.17, 15) is 8.42 Å². The number of hydrogen-bond acceptors (Lipinski definition) is 5. The number of nitrogens with one attached hydrogen (secondary N) is 1. The zero-order chi connectivity index (χ0) is 18.1. The van der Waals surface area contributed by atoms with Crippen LogP contribution in [0.1, 0.15) is 5.56 Å². The van der Waals surface area contributed by atoms with Gasteiger partial charge in [0.15, 0.2) is 5.65 Å². The Morgan fingerprint density at radius 1 is 0.923 bits per heavy atom. The maximum absolute atomic E-state index is 13.0. The van der Waals surface area contributed by atoms with Crippen LogP contribution in [0.4, 0.5) is 11.5 Å². The molecular weight excluding hydrogens is 348 g/mol. The van der Waals surface area contributed by atoms with E-state index in [0.29, 0.717) is 16.9 Å². The molecule has 7 heteroatoms. The SMILES string of the molecule is Cc1ccc(S(=O)(=O)n2ccc3c(Nc4ccccc4)ncnc32)cc1. The molecular formula is C19H16N4O2S. The Bertz CT molecular complexity index is 1170. The molecule has 2 aromatic carbocycles. The largest absolute Gasteiger partial charge is 0.340 e. The fourth-order valence-electron chi connectivity index (χ4n) is 2.70. The Hall–Kier alpha value is -3.19. The molecule has 0 aliphatic rings. The van der Waals surface area contributed by atoms with Crippen molar-refractivity contribution in [2.75, 3.05) is 5.32 Å². The second-order valence-corrected chi connectivity index (χ2v) is 7.70. The molecule has 0 amide bonds. The van der Waals surface area contributed by atoms with Gasteiger partial charge >= 0.3 is 0 Å². The minimum absolute atomic E-state index is 0.219. The van der Waals surface area contributed by atoms with Crippen LogP contribution in [0.25, 0.3) is 11.0 Å². The molecule has 1 N–H and O–H groups in total. The van der Waals surface area contributed by atoms with Crippen molar-refractivity contribution in [1.29, 1.82) is 0 Å². The molecule has 0 radical (unpaired) electrons. The Balaban J connectivity index is 1.81. The van der Waals surface area contributed by atoms with Crippen molar-refractivity contribution < 1.29 is 8.42 Å². The van der Waals surface area contributed by atoms with Crippen molar-refractivity contribution in [2.45, 2.75) is 11.8 Å². The highest BCUT2D eigenvalue weighted by atomic mass is 32.2. The first-order valence-corrected chi connectivity index (χ1v) is 9.46. The third kappa shape index (κ3) is 2.82. The summed E-state index contributed by atoms with van der Waals surface area (Å²) in [7, 11) is -3.73. The lowest BCUT2D eigenvalue weighted by atomic mass is 10.2. The Morgan fingerprint density at radius 2 is 1.65 bits per heavy atom. The van der Waals surface area contributed by atoms with Gasteiger partial charge in [-0.1, -0.05) is 35.9 Å². The third-order valence-electron chi connectivity index (χ3n) is 4.06. The molecule has 4 rings (SSSR count). The Morgan fingerprint density at radius 3 is 2.38 bits per heavy atom. The van der Waals surface area contributed by atoms with Gasteiger partial charge in [0.25, 0.3) is 10.0 Å². The summed E-state index contributed by atoms with van der Waals surface area (Å²) in [5.41, 5.74) is 2.19. The number of nitrogens with zero attached hydrogens (tertiary/aromatic N) is 3. The summed E-state index contributed by atoms with van der Waals surface area (Å²) in [6.45, 7) is 1.91. The number of rotatable bonds is 4. The minimum Gasteiger partial charge on any atom is -0.340 e. The zero-order valence-electron chi connectivity index (χ0n) is 14.0. The Labute approximate surface area is 151 Å². The third-order valence-corrected chi connectivity index (χ3v) is 5.74. The number of para-hydroxylation sites is 1. The minimum atomic E-state index is -3.73. The predicted molar refractivity (Wildman–Crippen MR) is 101 cm³/mol. The van der Waals surface area contributed by atoms with Crippen molar-refractivity contribution in [3.05, 3.63) is 78.8 Å². The Kier molecular flexibility index (Phi) is 3.93. The first-order valence-electron chi connectivity index (χ1n) is 8.02. The molecule has 0 fully saturated rings. The zero-order valence-corrected chi connectivity index (χ0v) is 14.8. The molecule has 2 aromatic heterocycles. The van der Waals surface area contributed by atoms with Gasteiger partial charge in [0.2, 0.25) is 0 Å². The van der Waals surface area contributed by atoms with E-state index >= 15 is 0 Å². The van der Waals surface area contributed by atoms with Gasteiger partial charge in [-0.15, -0.1) is 0 Å². The quantitative estimate of drug-likeness (QED) is 0.597. The van der Waals surface area contributed by atoms with Crippen molar-refractivity contribution in [1.82, 2.24) is 13.9 Å². The molecule has 4 aromatic rings. The standard InChI is InChI=1S/C19H16N4O2S/c1-14-7-9-16(10-8-14)26(24,25)23-12-11-17-18(20-13-21-19(17)23)22-15-5-3-2-4-6-15/h2-13H,1H3,(H,20,21,22). The summed E-state index contributed by atoms with van der Waals surface area (Å²) in [6.07, 6.45) is 2.86. The number of benzene rings is 2. The highest BCUT2D eigenvalue weighted by molar-refractivity contribution is 7.90. The maximum Gasteiger partial charge on any atom is 0.269 e. The van der Waals surface area contributed by atoms with Crippen LogP contribution in [0.15, 0.2) is 78.1 Å². The van der Waals surface area contributed by atoms with Crippen LogP contribution in [-0.4, -0.2) is 22.4 Å². The van der Waals surface area contributed by atoms with Gasteiger partial charge in [0.1, 0.15) is 12.1 Å². The first kappa shape index (κ1) is 16.3. The van der Waals surface area contributed by atoms with Crippen molar-refractivity contribution in [3.8, 4) is 0 Å². The van der Waals surface area contributed by atoms with Crippen LogP contribution < -0.4 is 5.32 Å². The van der Waals surface area contributed by atoms with Crippen LogP contribution in [0, 0.1) is 6.92 Å². The average Bonchev–Trinajstić information content (AvgIpc) is 3.09. The lowest BCUT2D eigenvalue weighted by Crippen LogP contribution is -2.12. The lowest BCUT2D eigenvalue weighted by Gasteiger charge is -2.09. The van der Waals surface area contributed by atoms with Crippen LogP contribution in [0.3, 0.4) is 0 Å². The normalized spacial score (nSPS) is 11.6. The highest BCUT2D eigenvalue weighted by Crippen LogP contribution is 2.26. The summed E-state index contributed by atoms with van der Waals surface area (Å²) >= 11 is 0. The lowest BCUT2D eigenvalue weighted by molar-refractivity contribution is 0.588. The molecule has 0 spiro atoms. The van der Waals surface area contributed by atoms with Crippen molar-refractivity contribution in [3.63, 3.8) is 0 Å². The van der Waals surface area contributed by atoms with Crippen LogP contribution in [0.2, 0.25) is 0 Å². The molecule has 0 saturated heterocycles. The van der Waals surface area contributed by atoms with E-state index < -0.39 is 10.0 Å². The van der Waals surface area contributed by atoms with E-state index in [-0.39, 0.29) is 4.90 Å². The van der Waals surface area contributed by atoms with E-state index in [2.05, 4.69) is 15.3 Å². The molecule has 26 heavy (non-hydrogen) atoms. The topological polar surface area (TPSA) is 76.9 Å². The molecule has 0 aliphatic carbocycles. The molecule has 0 aliphatic heterocycles.